The minimum Gasteiger partial charge on any atom is -0.464 e. The van der Waals surface area contributed by atoms with E-state index in [1.165, 1.54) is 0 Å². The summed E-state index contributed by atoms with van der Waals surface area (Å²) in [6.07, 6.45) is 5.21. The molecule has 0 aliphatic carbocycles. The van der Waals surface area contributed by atoms with E-state index in [-0.39, 0.29) is 0 Å². The Hall–Kier alpha value is -1.57. The summed E-state index contributed by atoms with van der Waals surface area (Å²) >= 11 is 0. The van der Waals surface area contributed by atoms with E-state index in [4.69, 9.17) is 4.74 Å². The maximum absolute atomic E-state index is 10.6. The summed E-state index contributed by atoms with van der Waals surface area (Å²) in [4.78, 5) is 10.6. The number of hydrogen-bond acceptors (Lipinski definition) is 2. The number of hydrogen-bond donors (Lipinski definition) is 0. The monoisotopic (exact) mass is 160 g/mol. The van der Waals surface area contributed by atoms with E-state index < -0.39 is 0 Å². The van der Waals surface area contributed by atoms with Gasteiger partial charge in [-0.25, -0.2) is 0 Å². The first-order valence-electron chi connectivity index (χ1n) is 3.80. The molecule has 0 fully saturated rings. The molecule has 2 rings (SSSR count). The molecule has 0 N–H and O–H groups in total. The lowest BCUT2D eigenvalue weighted by molar-refractivity contribution is 0.112. The molecule has 60 valence electrons. The Labute approximate surface area is 70.5 Å². The van der Waals surface area contributed by atoms with Gasteiger partial charge in [0.05, 0.1) is 11.8 Å². The second-order valence-corrected chi connectivity index (χ2v) is 2.65. The van der Waals surface area contributed by atoms with Crippen molar-refractivity contribution in [2.45, 2.75) is 6.42 Å². The number of fused-ring (bicyclic) bond motifs is 1. The van der Waals surface area contributed by atoms with Gasteiger partial charge >= 0.3 is 0 Å². The van der Waals surface area contributed by atoms with Crippen LogP contribution in [0.25, 0.3) is 0 Å². The Balaban J connectivity index is 2.55. The SMILES string of the molecule is O=Cc1cccc2c1OC=CC2. The molecule has 0 bridgehead atoms. The molecule has 1 aromatic rings. The number of carbonyl (C=O) groups is 1. The second-order valence-electron chi connectivity index (χ2n) is 2.65. The van der Waals surface area contributed by atoms with Crippen LogP contribution in [-0.4, -0.2) is 6.29 Å². The third-order valence-electron chi connectivity index (χ3n) is 1.87. The molecule has 1 aliphatic rings. The van der Waals surface area contributed by atoms with Gasteiger partial charge in [0, 0.05) is 0 Å². The van der Waals surface area contributed by atoms with Gasteiger partial charge < -0.3 is 4.74 Å². The van der Waals surface area contributed by atoms with E-state index in [0.29, 0.717) is 11.3 Å². The molecule has 0 atom stereocenters. The largest absolute Gasteiger partial charge is 0.464 e. The number of carbonyl (C=O) groups excluding carboxylic acids is 1. The Kier molecular flexibility index (Phi) is 1.67. The molecule has 0 saturated heterocycles. The van der Waals surface area contributed by atoms with E-state index in [1.54, 1.807) is 12.3 Å². The van der Waals surface area contributed by atoms with Gasteiger partial charge in [-0.1, -0.05) is 12.1 Å². The molecule has 0 unspecified atom stereocenters. The van der Waals surface area contributed by atoms with Crippen LogP contribution < -0.4 is 4.74 Å². The van der Waals surface area contributed by atoms with Crippen molar-refractivity contribution in [1.82, 2.24) is 0 Å². The first kappa shape index (κ1) is 7.10. The van der Waals surface area contributed by atoms with E-state index in [0.717, 1.165) is 18.3 Å². The zero-order chi connectivity index (χ0) is 8.39. The van der Waals surface area contributed by atoms with Gasteiger partial charge in [-0.3, -0.25) is 4.79 Å². The molecule has 1 aliphatic heterocycles. The van der Waals surface area contributed by atoms with Crippen molar-refractivity contribution in [2.24, 2.45) is 0 Å². The van der Waals surface area contributed by atoms with E-state index in [2.05, 4.69) is 0 Å². The second kappa shape index (κ2) is 2.81. The maximum atomic E-state index is 10.6. The minimum absolute atomic E-state index is 0.622. The number of allylic oxidation sites excluding steroid dienone is 1. The molecule has 0 amide bonds. The van der Waals surface area contributed by atoms with Gasteiger partial charge in [0.25, 0.3) is 0 Å². The van der Waals surface area contributed by atoms with Crippen LogP contribution in [0.5, 0.6) is 5.75 Å². The highest BCUT2D eigenvalue weighted by atomic mass is 16.5. The smallest absolute Gasteiger partial charge is 0.153 e. The lowest BCUT2D eigenvalue weighted by Crippen LogP contribution is -1.99. The van der Waals surface area contributed by atoms with Crippen LogP contribution >= 0.6 is 0 Å². The first-order chi connectivity index (χ1) is 5.92. The summed E-state index contributed by atoms with van der Waals surface area (Å²) in [6.45, 7) is 0. The van der Waals surface area contributed by atoms with Gasteiger partial charge in [-0.05, 0) is 24.1 Å². The Morgan fingerprint density at radius 1 is 1.42 bits per heavy atom. The topological polar surface area (TPSA) is 26.3 Å². The highest BCUT2D eigenvalue weighted by Crippen LogP contribution is 2.26. The Morgan fingerprint density at radius 3 is 3.17 bits per heavy atom. The summed E-state index contributed by atoms with van der Waals surface area (Å²) in [6, 6.07) is 5.59. The summed E-state index contributed by atoms with van der Waals surface area (Å²) < 4.78 is 5.23. The molecule has 2 nitrogen and oxygen atoms in total. The summed E-state index contributed by atoms with van der Waals surface area (Å²) in [5.41, 5.74) is 1.69. The molecule has 0 spiro atoms. The van der Waals surface area contributed by atoms with Gasteiger partial charge in [-0.2, -0.15) is 0 Å². The fourth-order valence-corrected chi connectivity index (χ4v) is 1.29. The lowest BCUT2D eigenvalue weighted by atomic mass is 10.1. The molecule has 2 heteroatoms. The van der Waals surface area contributed by atoms with Crippen LogP contribution in [0.4, 0.5) is 0 Å². The highest BCUT2D eigenvalue weighted by Gasteiger charge is 2.09. The predicted octanol–water partition coefficient (Wildman–Crippen LogP) is 1.95. The normalized spacial score (nSPS) is 13.3. The average molecular weight is 160 g/mol. The van der Waals surface area contributed by atoms with E-state index >= 15 is 0 Å². The van der Waals surface area contributed by atoms with Crippen LogP contribution in [0.15, 0.2) is 30.5 Å². The quantitative estimate of drug-likeness (QED) is 0.587. The molecule has 1 aromatic carbocycles. The highest BCUT2D eigenvalue weighted by molar-refractivity contribution is 5.80. The number of rotatable bonds is 1. The molecule has 0 radical (unpaired) electrons. The molecule has 1 heterocycles. The van der Waals surface area contributed by atoms with Crippen molar-refractivity contribution >= 4 is 6.29 Å². The zero-order valence-electron chi connectivity index (χ0n) is 6.49. The van der Waals surface area contributed by atoms with Crippen molar-refractivity contribution in [1.29, 1.82) is 0 Å². The van der Waals surface area contributed by atoms with Crippen LogP contribution in [0.2, 0.25) is 0 Å². The fourth-order valence-electron chi connectivity index (χ4n) is 1.29. The molecule has 12 heavy (non-hydrogen) atoms. The molecule has 0 saturated carbocycles. The summed E-state index contributed by atoms with van der Waals surface area (Å²) in [5, 5.41) is 0. The van der Waals surface area contributed by atoms with Crippen LogP contribution in [-0.2, 0) is 6.42 Å². The number of para-hydroxylation sites is 1. The average Bonchev–Trinajstić information content (AvgIpc) is 2.17. The molecular weight excluding hydrogens is 152 g/mol. The molecular formula is C10H8O2. The molecule has 0 aromatic heterocycles. The van der Waals surface area contributed by atoms with Crippen LogP contribution in [0.3, 0.4) is 0 Å². The van der Waals surface area contributed by atoms with Gasteiger partial charge in [-0.15, -0.1) is 0 Å². The van der Waals surface area contributed by atoms with Crippen molar-refractivity contribution < 1.29 is 9.53 Å². The Morgan fingerprint density at radius 2 is 2.33 bits per heavy atom. The predicted molar refractivity (Wildman–Crippen MR) is 45.3 cm³/mol. The van der Waals surface area contributed by atoms with Crippen LogP contribution in [0, 0.1) is 0 Å². The zero-order valence-corrected chi connectivity index (χ0v) is 6.49. The maximum Gasteiger partial charge on any atom is 0.153 e. The van der Waals surface area contributed by atoms with E-state index in [1.807, 2.05) is 18.2 Å². The third-order valence-corrected chi connectivity index (χ3v) is 1.87. The standard InChI is InChI=1S/C10H8O2/c11-7-9-4-1-3-8-5-2-6-12-10(8)9/h1-4,6-7H,5H2. The summed E-state index contributed by atoms with van der Waals surface area (Å²) in [5.74, 6) is 0.704. The minimum atomic E-state index is 0.622. The first-order valence-corrected chi connectivity index (χ1v) is 3.80. The van der Waals surface area contributed by atoms with Crippen molar-refractivity contribution in [3.05, 3.63) is 41.7 Å². The van der Waals surface area contributed by atoms with Crippen LogP contribution in [0.1, 0.15) is 15.9 Å². The fraction of sp³-hybridized carbons (Fsp3) is 0.100. The van der Waals surface area contributed by atoms with Crippen molar-refractivity contribution in [2.75, 3.05) is 0 Å². The van der Waals surface area contributed by atoms with Crippen molar-refractivity contribution in [3.8, 4) is 5.75 Å². The number of ether oxygens (including phenoxy) is 1. The Bertz CT molecular complexity index is 340. The van der Waals surface area contributed by atoms with E-state index in [9.17, 15) is 4.79 Å². The number of benzene rings is 1. The van der Waals surface area contributed by atoms with Crippen molar-refractivity contribution in [3.63, 3.8) is 0 Å². The summed E-state index contributed by atoms with van der Waals surface area (Å²) in [7, 11) is 0. The van der Waals surface area contributed by atoms with Gasteiger partial charge in [0.15, 0.2) is 6.29 Å². The lowest BCUT2D eigenvalue weighted by Gasteiger charge is -2.12. The third kappa shape index (κ3) is 1.01. The van der Waals surface area contributed by atoms with Gasteiger partial charge in [0.1, 0.15) is 5.75 Å². The van der Waals surface area contributed by atoms with Gasteiger partial charge in [0.2, 0.25) is 0 Å². The number of aldehydes is 1.